The molecule has 12 nitrogen and oxygen atoms in total. The van der Waals surface area contributed by atoms with Crippen molar-refractivity contribution in [3.8, 4) is 5.75 Å². The predicted octanol–water partition coefficient (Wildman–Crippen LogP) is 1.69. The number of carbonyl (C=O) groups excluding carboxylic acids is 4. The van der Waals surface area contributed by atoms with Gasteiger partial charge in [-0.25, -0.2) is 0 Å². The van der Waals surface area contributed by atoms with Gasteiger partial charge in [0.2, 0.25) is 11.8 Å². The van der Waals surface area contributed by atoms with Gasteiger partial charge in [0.05, 0.1) is 57.9 Å². The molecule has 226 valence electrons. The van der Waals surface area contributed by atoms with Gasteiger partial charge in [-0.15, -0.1) is 0 Å². The zero-order chi connectivity index (χ0) is 29.9. The Morgan fingerprint density at radius 3 is 2.29 bits per heavy atom. The third-order valence-corrected chi connectivity index (χ3v) is 7.00. The first-order valence-corrected chi connectivity index (χ1v) is 14.0. The first kappa shape index (κ1) is 31.1. The minimum absolute atomic E-state index is 0.0760. The standard InChI is InChI=1S/C30H38N4O8/c1-33(20-21-6-8-22(39-2)9-7-21)13-15-41-17-19-42-18-16-40-14-12-31-24-5-3-4-23-27(24)30(38)34(29(23)37)25-10-11-26(35)32-28(25)36/h3-9,25,31H,10-20H2,1-2H3,(H,32,35,36). The van der Waals surface area contributed by atoms with Gasteiger partial charge < -0.3 is 24.3 Å². The molecule has 2 aliphatic heterocycles. The molecule has 1 unspecified atom stereocenters. The van der Waals surface area contributed by atoms with Crippen LogP contribution in [0.2, 0.25) is 0 Å². The fraction of sp³-hybridized carbons (Fsp3) is 0.467. The highest BCUT2D eigenvalue weighted by atomic mass is 16.5. The molecule has 1 fully saturated rings. The lowest BCUT2D eigenvalue weighted by atomic mass is 10.0. The Kier molecular flexibility index (Phi) is 11.4. The molecular formula is C30H38N4O8. The Bertz CT molecular complexity index is 1250. The number of fused-ring (bicyclic) bond motifs is 1. The molecule has 2 N–H and O–H groups in total. The zero-order valence-electron chi connectivity index (χ0n) is 24.1. The lowest BCUT2D eigenvalue weighted by Gasteiger charge is -2.27. The smallest absolute Gasteiger partial charge is 0.264 e. The van der Waals surface area contributed by atoms with Gasteiger partial charge in [0.25, 0.3) is 11.8 Å². The molecule has 2 aliphatic rings. The normalized spacial score (nSPS) is 16.6. The summed E-state index contributed by atoms with van der Waals surface area (Å²) >= 11 is 0. The first-order valence-electron chi connectivity index (χ1n) is 14.0. The second kappa shape index (κ2) is 15.4. The van der Waals surface area contributed by atoms with Crippen LogP contribution in [0.5, 0.6) is 5.75 Å². The van der Waals surface area contributed by atoms with E-state index < -0.39 is 29.7 Å². The molecule has 0 saturated carbocycles. The highest BCUT2D eigenvalue weighted by Gasteiger charge is 2.45. The molecule has 1 atom stereocenters. The van der Waals surface area contributed by atoms with Crippen LogP contribution in [-0.4, -0.2) is 106 Å². The summed E-state index contributed by atoms with van der Waals surface area (Å²) in [7, 11) is 3.71. The molecule has 2 heterocycles. The van der Waals surface area contributed by atoms with Crippen molar-refractivity contribution in [3.05, 3.63) is 59.2 Å². The third-order valence-electron chi connectivity index (χ3n) is 7.00. The van der Waals surface area contributed by atoms with Gasteiger partial charge in [0.1, 0.15) is 11.8 Å². The number of imide groups is 2. The number of nitrogens with one attached hydrogen (secondary N) is 2. The van der Waals surface area contributed by atoms with E-state index in [1.54, 1.807) is 25.3 Å². The van der Waals surface area contributed by atoms with Gasteiger partial charge in [-0.05, 0) is 43.3 Å². The maximum Gasteiger partial charge on any atom is 0.264 e. The number of carbonyl (C=O) groups is 4. The monoisotopic (exact) mass is 582 g/mol. The van der Waals surface area contributed by atoms with Crippen molar-refractivity contribution in [2.45, 2.75) is 25.4 Å². The molecule has 4 rings (SSSR count). The minimum Gasteiger partial charge on any atom is -0.497 e. The Morgan fingerprint density at radius 2 is 1.60 bits per heavy atom. The molecule has 2 aromatic rings. The number of hydrogen-bond donors (Lipinski definition) is 2. The van der Waals surface area contributed by atoms with E-state index in [2.05, 4.69) is 34.7 Å². The molecule has 42 heavy (non-hydrogen) atoms. The summed E-state index contributed by atoms with van der Waals surface area (Å²) in [5.74, 6) is -1.28. The van der Waals surface area contributed by atoms with Crippen LogP contribution in [0, 0.1) is 0 Å². The molecule has 0 bridgehead atoms. The number of anilines is 1. The van der Waals surface area contributed by atoms with E-state index in [4.69, 9.17) is 18.9 Å². The van der Waals surface area contributed by atoms with Crippen molar-refractivity contribution in [3.63, 3.8) is 0 Å². The van der Waals surface area contributed by atoms with Crippen LogP contribution in [0.1, 0.15) is 39.1 Å². The molecule has 12 heteroatoms. The van der Waals surface area contributed by atoms with E-state index in [9.17, 15) is 19.2 Å². The van der Waals surface area contributed by atoms with Gasteiger partial charge in [-0.2, -0.15) is 0 Å². The van der Waals surface area contributed by atoms with E-state index in [-0.39, 0.29) is 24.0 Å². The average molecular weight is 583 g/mol. The SMILES string of the molecule is COc1ccc(CN(C)CCOCCOCCOCCNc2cccc3c2C(=O)N(C2CCC(=O)NC2=O)C3=O)cc1. The second-order valence-corrected chi connectivity index (χ2v) is 10.0. The third kappa shape index (κ3) is 8.13. The molecule has 1 saturated heterocycles. The van der Waals surface area contributed by atoms with Gasteiger partial charge in [0, 0.05) is 31.7 Å². The van der Waals surface area contributed by atoms with Gasteiger partial charge in [-0.3, -0.25) is 34.3 Å². The summed E-state index contributed by atoms with van der Waals surface area (Å²) in [5, 5.41) is 5.34. The van der Waals surface area contributed by atoms with E-state index in [1.807, 2.05) is 12.1 Å². The Balaban J connectivity index is 1.06. The van der Waals surface area contributed by atoms with E-state index in [0.29, 0.717) is 51.9 Å². The summed E-state index contributed by atoms with van der Waals surface area (Å²) in [6.07, 6.45) is 0.191. The first-order chi connectivity index (χ1) is 20.4. The number of piperidine rings is 1. The van der Waals surface area contributed by atoms with Crippen LogP contribution in [0.3, 0.4) is 0 Å². The lowest BCUT2D eigenvalue weighted by Crippen LogP contribution is -2.54. The number of methoxy groups -OCH3 is 1. The maximum atomic E-state index is 13.1. The number of ether oxygens (including phenoxy) is 4. The average Bonchev–Trinajstić information content (AvgIpc) is 3.24. The van der Waals surface area contributed by atoms with E-state index in [1.165, 1.54) is 5.56 Å². The number of benzene rings is 2. The van der Waals surface area contributed by atoms with Crippen LogP contribution in [-0.2, 0) is 30.3 Å². The largest absolute Gasteiger partial charge is 0.497 e. The Hall–Kier alpha value is -3.84. The second-order valence-electron chi connectivity index (χ2n) is 10.0. The summed E-state index contributed by atoms with van der Waals surface area (Å²) in [6, 6.07) is 12.0. The molecule has 4 amide bonds. The number of likely N-dealkylation sites (N-methyl/N-ethyl adjacent to an activating group) is 1. The molecule has 0 spiro atoms. The van der Waals surface area contributed by atoms with E-state index in [0.717, 1.165) is 23.7 Å². The quantitative estimate of drug-likeness (QED) is 0.210. The van der Waals surface area contributed by atoms with Crippen molar-refractivity contribution in [2.24, 2.45) is 0 Å². The summed E-state index contributed by atoms with van der Waals surface area (Å²) in [5.41, 5.74) is 2.16. The van der Waals surface area contributed by atoms with Crippen molar-refractivity contribution in [2.75, 3.05) is 72.2 Å². The van der Waals surface area contributed by atoms with Crippen LogP contribution < -0.4 is 15.4 Å². The minimum atomic E-state index is -0.997. The van der Waals surface area contributed by atoms with E-state index >= 15 is 0 Å². The van der Waals surface area contributed by atoms with Crippen LogP contribution >= 0.6 is 0 Å². The number of nitrogens with zero attached hydrogens (tertiary/aromatic N) is 2. The van der Waals surface area contributed by atoms with Crippen molar-refractivity contribution in [1.29, 1.82) is 0 Å². The van der Waals surface area contributed by atoms with Crippen LogP contribution in [0.4, 0.5) is 5.69 Å². The molecule has 2 aromatic carbocycles. The Labute approximate surface area is 245 Å². The Morgan fingerprint density at radius 1 is 0.905 bits per heavy atom. The highest BCUT2D eigenvalue weighted by Crippen LogP contribution is 2.32. The van der Waals surface area contributed by atoms with Crippen molar-refractivity contribution >= 4 is 29.3 Å². The van der Waals surface area contributed by atoms with Crippen molar-refractivity contribution in [1.82, 2.24) is 15.1 Å². The van der Waals surface area contributed by atoms with Gasteiger partial charge in [-0.1, -0.05) is 18.2 Å². The van der Waals surface area contributed by atoms with Crippen LogP contribution in [0.25, 0.3) is 0 Å². The number of hydrogen-bond acceptors (Lipinski definition) is 10. The summed E-state index contributed by atoms with van der Waals surface area (Å²) in [4.78, 5) is 52.9. The topological polar surface area (TPSA) is 136 Å². The van der Waals surface area contributed by atoms with Gasteiger partial charge >= 0.3 is 0 Å². The zero-order valence-corrected chi connectivity index (χ0v) is 24.1. The molecule has 0 aromatic heterocycles. The number of amides is 4. The lowest BCUT2D eigenvalue weighted by molar-refractivity contribution is -0.136. The van der Waals surface area contributed by atoms with Crippen LogP contribution in [0.15, 0.2) is 42.5 Å². The van der Waals surface area contributed by atoms with Gasteiger partial charge in [0.15, 0.2) is 0 Å². The number of rotatable bonds is 17. The van der Waals surface area contributed by atoms with Crippen molar-refractivity contribution < 1.29 is 38.1 Å². The molecule has 0 aliphatic carbocycles. The predicted molar refractivity (Wildman–Crippen MR) is 153 cm³/mol. The summed E-state index contributed by atoms with van der Waals surface area (Å²) < 4.78 is 22.0. The fourth-order valence-electron chi connectivity index (χ4n) is 4.80. The fourth-order valence-corrected chi connectivity index (χ4v) is 4.80. The summed E-state index contributed by atoms with van der Waals surface area (Å²) in [6.45, 7) is 4.82. The molecule has 0 radical (unpaired) electrons. The molecular weight excluding hydrogens is 544 g/mol. The highest BCUT2D eigenvalue weighted by molar-refractivity contribution is 6.25. The maximum absolute atomic E-state index is 13.1.